The summed E-state index contributed by atoms with van der Waals surface area (Å²) in [6.07, 6.45) is 13.1. The summed E-state index contributed by atoms with van der Waals surface area (Å²) in [7, 11) is 0. The highest BCUT2D eigenvalue weighted by Crippen LogP contribution is 2.55. The number of amides is 2. The number of hydrogen-bond acceptors (Lipinski definition) is 1. The van der Waals surface area contributed by atoms with Gasteiger partial charge in [-0.25, -0.2) is 4.79 Å². The van der Waals surface area contributed by atoms with Crippen molar-refractivity contribution in [1.29, 1.82) is 0 Å². The smallest absolute Gasteiger partial charge is 0.316 e. The summed E-state index contributed by atoms with van der Waals surface area (Å²) in [5.74, 6) is 5.13. The molecule has 104 valence electrons. The van der Waals surface area contributed by atoms with E-state index in [1.165, 1.54) is 38.5 Å². The number of carbonyl (C=O) groups excluding carboxylic acids is 1. The third kappa shape index (κ3) is 2.45. The SMILES string of the molecule is C#CC(C)(C)NC(=O)NC12CC3CC(CC(C3)C1)C2. The van der Waals surface area contributed by atoms with Crippen molar-refractivity contribution in [3.8, 4) is 12.3 Å². The van der Waals surface area contributed by atoms with Gasteiger partial charge >= 0.3 is 6.03 Å². The molecule has 4 saturated carbocycles. The van der Waals surface area contributed by atoms with Crippen LogP contribution in [0.2, 0.25) is 0 Å². The molecule has 0 heterocycles. The van der Waals surface area contributed by atoms with E-state index in [2.05, 4.69) is 16.6 Å². The van der Waals surface area contributed by atoms with Crippen LogP contribution in [-0.4, -0.2) is 17.1 Å². The zero-order valence-corrected chi connectivity index (χ0v) is 12.0. The van der Waals surface area contributed by atoms with Crippen molar-refractivity contribution in [3.63, 3.8) is 0 Å². The van der Waals surface area contributed by atoms with Gasteiger partial charge < -0.3 is 10.6 Å². The number of nitrogens with one attached hydrogen (secondary N) is 2. The fourth-order valence-electron chi connectivity index (χ4n) is 4.86. The molecule has 0 aliphatic heterocycles. The molecule has 4 rings (SSSR count). The van der Waals surface area contributed by atoms with Crippen molar-refractivity contribution >= 4 is 6.03 Å². The Morgan fingerprint density at radius 2 is 1.63 bits per heavy atom. The minimum absolute atomic E-state index is 0.0590. The standard InChI is InChI=1S/C16H24N2O/c1-4-15(2,3)17-14(19)18-16-8-11-5-12(9-16)7-13(6-11)10-16/h1,11-13H,5-10H2,2-3H3,(H2,17,18,19). The van der Waals surface area contributed by atoms with E-state index in [0.29, 0.717) is 0 Å². The predicted molar refractivity (Wildman–Crippen MR) is 75.5 cm³/mol. The Labute approximate surface area is 115 Å². The molecule has 2 amide bonds. The van der Waals surface area contributed by atoms with E-state index in [-0.39, 0.29) is 11.6 Å². The molecule has 4 fully saturated rings. The highest BCUT2D eigenvalue weighted by atomic mass is 16.2. The molecular formula is C16H24N2O. The molecule has 3 heteroatoms. The fourth-order valence-corrected chi connectivity index (χ4v) is 4.86. The van der Waals surface area contributed by atoms with E-state index in [9.17, 15) is 4.79 Å². The minimum Gasteiger partial charge on any atom is -0.333 e. The molecule has 2 N–H and O–H groups in total. The molecule has 19 heavy (non-hydrogen) atoms. The molecule has 4 bridgehead atoms. The van der Waals surface area contributed by atoms with Crippen molar-refractivity contribution in [3.05, 3.63) is 0 Å². The zero-order valence-electron chi connectivity index (χ0n) is 12.0. The van der Waals surface area contributed by atoms with Gasteiger partial charge in [-0.05, 0) is 70.1 Å². The Hall–Kier alpha value is -1.17. The summed E-state index contributed by atoms with van der Waals surface area (Å²) in [6.45, 7) is 3.71. The zero-order chi connectivity index (χ0) is 13.7. The van der Waals surface area contributed by atoms with Crippen LogP contribution in [-0.2, 0) is 0 Å². The second-order valence-electron chi connectivity index (χ2n) is 7.55. The largest absolute Gasteiger partial charge is 0.333 e. The molecule has 0 atom stereocenters. The van der Waals surface area contributed by atoms with Crippen LogP contribution >= 0.6 is 0 Å². The van der Waals surface area contributed by atoms with Crippen LogP contribution in [0.4, 0.5) is 4.79 Å². The third-order valence-electron chi connectivity index (χ3n) is 5.20. The number of rotatable bonds is 2. The first kappa shape index (κ1) is 12.8. The minimum atomic E-state index is -0.577. The van der Waals surface area contributed by atoms with E-state index >= 15 is 0 Å². The first-order valence-electron chi connectivity index (χ1n) is 7.48. The number of carbonyl (C=O) groups is 1. The Kier molecular flexibility index (Phi) is 2.81. The van der Waals surface area contributed by atoms with Crippen LogP contribution in [0, 0.1) is 30.1 Å². The maximum atomic E-state index is 12.2. The molecule has 0 aromatic carbocycles. The lowest BCUT2D eigenvalue weighted by Gasteiger charge is -2.56. The average molecular weight is 260 g/mol. The van der Waals surface area contributed by atoms with Crippen molar-refractivity contribution in [2.45, 2.75) is 63.5 Å². The van der Waals surface area contributed by atoms with Crippen LogP contribution < -0.4 is 10.6 Å². The topological polar surface area (TPSA) is 41.1 Å². The van der Waals surface area contributed by atoms with Gasteiger partial charge in [0, 0.05) is 5.54 Å². The van der Waals surface area contributed by atoms with E-state index in [0.717, 1.165) is 17.8 Å². The predicted octanol–water partition coefficient (Wildman–Crippen LogP) is 2.67. The summed E-state index contributed by atoms with van der Waals surface area (Å²) in [6, 6.07) is -0.0927. The quantitative estimate of drug-likeness (QED) is 0.736. The molecule has 4 aliphatic rings. The van der Waals surface area contributed by atoms with E-state index < -0.39 is 5.54 Å². The lowest BCUT2D eigenvalue weighted by atomic mass is 9.53. The van der Waals surface area contributed by atoms with Gasteiger partial charge in [0.25, 0.3) is 0 Å². The van der Waals surface area contributed by atoms with Crippen LogP contribution in [0.1, 0.15) is 52.4 Å². The van der Waals surface area contributed by atoms with Gasteiger partial charge in [0.15, 0.2) is 0 Å². The van der Waals surface area contributed by atoms with Crippen molar-refractivity contribution in [2.75, 3.05) is 0 Å². The summed E-state index contributed by atoms with van der Waals surface area (Å²) in [5.41, 5.74) is -0.518. The lowest BCUT2D eigenvalue weighted by molar-refractivity contribution is -0.0137. The van der Waals surface area contributed by atoms with Gasteiger partial charge in [-0.1, -0.05) is 5.92 Å². The molecule has 0 saturated heterocycles. The number of terminal acetylenes is 1. The van der Waals surface area contributed by atoms with Crippen LogP contribution in [0.25, 0.3) is 0 Å². The molecule has 0 radical (unpaired) electrons. The molecule has 4 aliphatic carbocycles. The first-order valence-corrected chi connectivity index (χ1v) is 7.48. The molecule has 0 aromatic heterocycles. The van der Waals surface area contributed by atoms with Gasteiger partial charge in [-0.2, -0.15) is 0 Å². The fraction of sp³-hybridized carbons (Fsp3) is 0.812. The van der Waals surface area contributed by atoms with Crippen LogP contribution in [0.3, 0.4) is 0 Å². The Bertz CT molecular complexity index is 397. The second-order valence-corrected chi connectivity index (χ2v) is 7.55. The maximum Gasteiger partial charge on any atom is 0.316 e. The van der Waals surface area contributed by atoms with Crippen molar-refractivity contribution < 1.29 is 4.79 Å². The van der Waals surface area contributed by atoms with E-state index in [4.69, 9.17) is 6.42 Å². The molecule has 0 aromatic rings. The Morgan fingerprint density at radius 1 is 1.16 bits per heavy atom. The lowest BCUT2D eigenvalue weighted by Crippen LogP contribution is -2.63. The molecular weight excluding hydrogens is 236 g/mol. The number of urea groups is 1. The Balaban J connectivity index is 1.67. The van der Waals surface area contributed by atoms with Gasteiger partial charge in [-0.3, -0.25) is 0 Å². The maximum absolute atomic E-state index is 12.2. The normalized spacial score (nSPS) is 39.7. The van der Waals surface area contributed by atoms with E-state index in [1.54, 1.807) is 0 Å². The summed E-state index contributed by atoms with van der Waals surface area (Å²) < 4.78 is 0. The van der Waals surface area contributed by atoms with Crippen molar-refractivity contribution in [2.24, 2.45) is 17.8 Å². The number of hydrogen-bond donors (Lipinski definition) is 2. The third-order valence-corrected chi connectivity index (χ3v) is 5.20. The van der Waals surface area contributed by atoms with Gasteiger partial charge in [0.1, 0.15) is 0 Å². The van der Waals surface area contributed by atoms with Crippen molar-refractivity contribution in [1.82, 2.24) is 10.6 Å². The highest BCUT2D eigenvalue weighted by Gasteiger charge is 2.51. The highest BCUT2D eigenvalue weighted by molar-refractivity contribution is 5.76. The summed E-state index contributed by atoms with van der Waals surface area (Å²) in [4.78, 5) is 12.2. The monoisotopic (exact) mass is 260 g/mol. The molecule has 0 spiro atoms. The first-order chi connectivity index (χ1) is 8.90. The van der Waals surface area contributed by atoms with Gasteiger partial charge in [0.2, 0.25) is 0 Å². The van der Waals surface area contributed by atoms with E-state index in [1.807, 2.05) is 13.8 Å². The second kappa shape index (κ2) is 4.16. The molecule has 3 nitrogen and oxygen atoms in total. The van der Waals surface area contributed by atoms with Gasteiger partial charge in [-0.15, -0.1) is 6.42 Å². The van der Waals surface area contributed by atoms with Crippen LogP contribution in [0.15, 0.2) is 0 Å². The summed E-state index contributed by atoms with van der Waals surface area (Å²) in [5, 5.41) is 6.16. The Morgan fingerprint density at radius 3 is 2.05 bits per heavy atom. The average Bonchev–Trinajstić information content (AvgIpc) is 2.25. The van der Waals surface area contributed by atoms with Crippen LogP contribution in [0.5, 0.6) is 0 Å². The molecule has 0 unspecified atom stereocenters. The van der Waals surface area contributed by atoms with Gasteiger partial charge in [0.05, 0.1) is 5.54 Å². The summed E-state index contributed by atoms with van der Waals surface area (Å²) >= 11 is 0.